The minimum absolute atomic E-state index is 0.165. The second-order valence-corrected chi connectivity index (χ2v) is 12.5. The van der Waals surface area contributed by atoms with Gasteiger partial charge in [-0.3, -0.25) is 19.6 Å². The van der Waals surface area contributed by atoms with E-state index in [1.807, 2.05) is 0 Å². The van der Waals surface area contributed by atoms with Gasteiger partial charge in [-0.1, -0.05) is 55.4 Å². The SMILES string of the molecule is CCN(CC)Cc1cc(S(=O)(=O)c2cc(CN(CC)CC)c(O)c(CN(CC)CC)c2)cc(CN(CC)CC)c1O. The summed E-state index contributed by atoms with van der Waals surface area (Å²) in [6, 6.07) is 6.54. The van der Waals surface area contributed by atoms with Crippen LogP contribution in [-0.4, -0.2) is 90.6 Å². The largest absolute Gasteiger partial charge is 0.507 e. The summed E-state index contributed by atoms with van der Waals surface area (Å²) in [5, 5.41) is 22.5. The number of nitrogens with zero attached hydrogens (tertiary/aromatic N) is 4. The summed E-state index contributed by atoms with van der Waals surface area (Å²) in [5.74, 6) is 0.329. The van der Waals surface area contributed by atoms with E-state index in [0.29, 0.717) is 48.4 Å². The molecule has 2 rings (SSSR count). The minimum atomic E-state index is -3.96. The maximum absolute atomic E-state index is 14.3. The Morgan fingerprint density at radius 1 is 0.463 bits per heavy atom. The van der Waals surface area contributed by atoms with Crippen molar-refractivity contribution in [2.45, 2.75) is 91.4 Å². The Labute approximate surface area is 249 Å². The maximum Gasteiger partial charge on any atom is 0.206 e. The molecular formula is C32H54N4O4S. The van der Waals surface area contributed by atoms with Crippen molar-refractivity contribution < 1.29 is 18.6 Å². The molecule has 0 aliphatic heterocycles. The lowest BCUT2D eigenvalue weighted by molar-refractivity contribution is 0.281. The predicted octanol–water partition coefficient (Wildman–Crippen LogP) is 5.30. The third kappa shape index (κ3) is 8.91. The molecule has 0 saturated heterocycles. The summed E-state index contributed by atoms with van der Waals surface area (Å²) >= 11 is 0. The van der Waals surface area contributed by atoms with Gasteiger partial charge in [0.25, 0.3) is 0 Å². The fourth-order valence-electron chi connectivity index (χ4n) is 5.14. The molecule has 8 nitrogen and oxygen atoms in total. The van der Waals surface area contributed by atoms with Crippen molar-refractivity contribution in [2.75, 3.05) is 52.4 Å². The molecule has 0 amide bonds. The summed E-state index contributed by atoms with van der Waals surface area (Å²) in [6.45, 7) is 24.6. The highest BCUT2D eigenvalue weighted by Crippen LogP contribution is 2.35. The van der Waals surface area contributed by atoms with Gasteiger partial charge in [-0.05, 0) is 76.6 Å². The van der Waals surface area contributed by atoms with Crippen LogP contribution in [0.15, 0.2) is 34.1 Å². The number of hydrogen-bond acceptors (Lipinski definition) is 8. The van der Waals surface area contributed by atoms with Crippen LogP contribution >= 0.6 is 0 Å². The Bertz CT molecular complexity index is 1040. The third-order valence-electron chi connectivity index (χ3n) is 8.26. The summed E-state index contributed by atoms with van der Waals surface area (Å²) < 4.78 is 28.7. The van der Waals surface area contributed by atoms with Gasteiger partial charge in [0.2, 0.25) is 9.84 Å². The first-order chi connectivity index (χ1) is 19.5. The van der Waals surface area contributed by atoms with Crippen LogP contribution in [-0.2, 0) is 36.0 Å². The standard InChI is InChI=1S/C32H54N4O4S/c1-9-33(10-2)21-25-17-29(18-26(31(25)37)22-34(11-3)12-4)41(39,40)30-19-27(23-35(13-5)14-6)32(38)28(20-30)24-36(15-7)16-8/h17-20,37-38H,9-16,21-24H2,1-8H3. The predicted molar refractivity (Wildman–Crippen MR) is 168 cm³/mol. The topological polar surface area (TPSA) is 87.6 Å². The van der Waals surface area contributed by atoms with Gasteiger partial charge in [0, 0.05) is 48.4 Å². The smallest absolute Gasteiger partial charge is 0.206 e. The van der Waals surface area contributed by atoms with E-state index >= 15 is 0 Å². The Morgan fingerprint density at radius 2 is 0.659 bits per heavy atom. The van der Waals surface area contributed by atoms with Crippen molar-refractivity contribution in [3.63, 3.8) is 0 Å². The molecule has 2 aromatic rings. The van der Waals surface area contributed by atoms with Crippen LogP contribution in [0.4, 0.5) is 0 Å². The van der Waals surface area contributed by atoms with Crippen LogP contribution in [0.2, 0.25) is 0 Å². The maximum atomic E-state index is 14.3. The highest BCUT2D eigenvalue weighted by atomic mass is 32.2. The van der Waals surface area contributed by atoms with E-state index in [-0.39, 0.29) is 21.3 Å². The van der Waals surface area contributed by atoms with Crippen molar-refractivity contribution >= 4 is 9.84 Å². The fraction of sp³-hybridized carbons (Fsp3) is 0.625. The summed E-state index contributed by atoms with van der Waals surface area (Å²) in [6.07, 6.45) is 0. The molecule has 232 valence electrons. The molecule has 0 unspecified atom stereocenters. The second-order valence-electron chi connectivity index (χ2n) is 10.5. The zero-order valence-electron chi connectivity index (χ0n) is 26.7. The van der Waals surface area contributed by atoms with Gasteiger partial charge in [-0.2, -0.15) is 0 Å². The van der Waals surface area contributed by atoms with Crippen molar-refractivity contribution in [1.82, 2.24) is 19.6 Å². The van der Waals surface area contributed by atoms with Crippen LogP contribution < -0.4 is 0 Å². The Morgan fingerprint density at radius 3 is 0.829 bits per heavy atom. The normalized spacial score (nSPS) is 12.4. The lowest BCUT2D eigenvalue weighted by Gasteiger charge is -2.24. The fourth-order valence-corrected chi connectivity index (χ4v) is 6.60. The van der Waals surface area contributed by atoms with Gasteiger partial charge in [-0.25, -0.2) is 8.42 Å². The number of benzene rings is 2. The van der Waals surface area contributed by atoms with E-state index in [1.165, 1.54) is 0 Å². The molecule has 9 heteroatoms. The molecule has 0 bridgehead atoms. The van der Waals surface area contributed by atoms with Gasteiger partial charge < -0.3 is 10.2 Å². The first-order valence-corrected chi connectivity index (χ1v) is 16.8. The highest BCUT2D eigenvalue weighted by molar-refractivity contribution is 7.91. The molecule has 0 spiro atoms. The molecule has 0 heterocycles. The zero-order valence-corrected chi connectivity index (χ0v) is 27.5. The van der Waals surface area contributed by atoms with E-state index in [0.717, 1.165) is 52.4 Å². The first-order valence-electron chi connectivity index (χ1n) is 15.4. The van der Waals surface area contributed by atoms with Crippen LogP contribution in [0.5, 0.6) is 11.5 Å². The molecule has 0 aromatic heterocycles. The van der Waals surface area contributed by atoms with Gasteiger partial charge in [-0.15, -0.1) is 0 Å². The average molecular weight is 591 g/mol. The van der Waals surface area contributed by atoms with Crippen LogP contribution in [0.25, 0.3) is 0 Å². The van der Waals surface area contributed by atoms with Gasteiger partial charge in [0.15, 0.2) is 0 Å². The third-order valence-corrected chi connectivity index (χ3v) is 9.97. The molecular weight excluding hydrogens is 536 g/mol. The van der Waals surface area contributed by atoms with Crippen molar-refractivity contribution in [3.05, 3.63) is 46.5 Å². The molecule has 41 heavy (non-hydrogen) atoms. The lowest BCUT2D eigenvalue weighted by Crippen LogP contribution is -2.25. The van der Waals surface area contributed by atoms with Crippen molar-refractivity contribution in [2.24, 2.45) is 0 Å². The van der Waals surface area contributed by atoms with E-state index < -0.39 is 9.84 Å². The van der Waals surface area contributed by atoms with E-state index in [4.69, 9.17) is 0 Å². The number of rotatable bonds is 18. The van der Waals surface area contributed by atoms with E-state index in [1.54, 1.807) is 24.3 Å². The molecule has 0 aliphatic carbocycles. The average Bonchev–Trinajstić information content (AvgIpc) is 2.98. The number of sulfone groups is 1. The Hall–Kier alpha value is -2.17. The number of aromatic hydroxyl groups is 2. The molecule has 0 radical (unpaired) electrons. The van der Waals surface area contributed by atoms with Crippen molar-refractivity contribution in [3.8, 4) is 11.5 Å². The van der Waals surface area contributed by atoms with Gasteiger partial charge in [0.05, 0.1) is 9.79 Å². The van der Waals surface area contributed by atoms with E-state index in [9.17, 15) is 18.6 Å². The molecule has 0 saturated carbocycles. The minimum Gasteiger partial charge on any atom is -0.507 e. The second kappa shape index (κ2) is 16.5. The van der Waals surface area contributed by atoms with Gasteiger partial charge >= 0.3 is 0 Å². The highest BCUT2D eigenvalue weighted by Gasteiger charge is 2.26. The monoisotopic (exact) mass is 590 g/mol. The quantitative estimate of drug-likeness (QED) is 0.242. The Balaban J connectivity index is 2.78. The van der Waals surface area contributed by atoms with Crippen LogP contribution in [0.1, 0.15) is 77.6 Å². The summed E-state index contributed by atoms with van der Waals surface area (Å²) in [4.78, 5) is 9.00. The molecule has 0 atom stereocenters. The van der Waals surface area contributed by atoms with Crippen molar-refractivity contribution in [1.29, 1.82) is 0 Å². The van der Waals surface area contributed by atoms with E-state index in [2.05, 4.69) is 75.0 Å². The number of phenols is 2. The molecule has 0 aliphatic rings. The first kappa shape index (κ1) is 35.0. The number of phenolic OH excluding ortho intramolecular Hbond substituents is 2. The van der Waals surface area contributed by atoms with Crippen LogP contribution in [0.3, 0.4) is 0 Å². The Kier molecular flexibility index (Phi) is 14.1. The van der Waals surface area contributed by atoms with Gasteiger partial charge in [0.1, 0.15) is 11.5 Å². The zero-order chi connectivity index (χ0) is 30.7. The molecule has 0 fully saturated rings. The van der Waals surface area contributed by atoms with Crippen LogP contribution in [0, 0.1) is 0 Å². The molecule has 2 aromatic carbocycles. The molecule has 2 N–H and O–H groups in total. The lowest BCUT2D eigenvalue weighted by atomic mass is 10.1. The summed E-state index contributed by atoms with van der Waals surface area (Å²) in [7, 11) is -3.96. The number of hydrogen-bond donors (Lipinski definition) is 2. The summed E-state index contributed by atoms with van der Waals surface area (Å²) in [5.41, 5.74) is 2.45.